The summed E-state index contributed by atoms with van der Waals surface area (Å²) in [6, 6.07) is 5.74. The molecular formula is C13H20N2O2S. The van der Waals surface area contributed by atoms with Crippen LogP contribution in [0.15, 0.2) is 18.2 Å². The third-order valence-corrected chi connectivity index (χ3v) is 5.23. The van der Waals surface area contributed by atoms with Crippen LogP contribution in [0.1, 0.15) is 32.8 Å². The molecule has 1 heterocycles. The van der Waals surface area contributed by atoms with Gasteiger partial charge in [-0.05, 0) is 45.2 Å². The van der Waals surface area contributed by atoms with E-state index >= 15 is 0 Å². The van der Waals surface area contributed by atoms with Crippen LogP contribution >= 0.6 is 0 Å². The van der Waals surface area contributed by atoms with Gasteiger partial charge in [-0.2, -0.15) is 0 Å². The van der Waals surface area contributed by atoms with Gasteiger partial charge >= 0.3 is 0 Å². The van der Waals surface area contributed by atoms with Crippen molar-refractivity contribution in [1.29, 1.82) is 0 Å². The molecule has 18 heavy (non-hydrogen) atoms. The third-order valence-electron chi connectivity index (χ3n) is 3.13. The lowest BCUT2D eigenvalue weighted by Crippen LogP contribution is -2.34. The predicted molar refractivity (Wildman–Crippen MR) is 75.5 cm³/mol. The van der Waals surface area contributed by atoms with Crippen LogP contribution in [0.4, 0.5) is 11.4 Å². The number of hydrogen-bond acceptors (Lipinski definition) is 3. The van der Waals surface area contributed by atoms with Crippen molar-refractivity contribution in [1.82, 2.24) is 0 Å². The Morgan fingerprint density at radius 3 is 2.67 bits per heavy atom. The van der Waals surface area contributed by atoms with Gasteiger partial charge in [-0.15, -0.1) is 0 Å². The molecule has 0 aromatic heterocycles. The van der Waals surface area contributed by atoms with Gasteiger partial charge in [0.25, 0.3) is 0 Å². The Hall–Kier alpha value is -1.23. The maximum atomic E-state index is 12.2. The summed E-state index contributed by atoms with van der Waals surface area (Å²) < 4.78 is 26.2. The minimum atomic E-state index is -3.37. The number of nitrogens with one attached hydrogen (secondary N) is 2. The number of aryl methyl sites for hydroxylation is 1. The van der Waals surface area contributed by atoms with Crippen molar-refractivity contribution >= 4 is 21.4 Å². The molecule has 0 amide bonds. The number of sulfonamides is 1. The van der Waals surface area contributed by atoms with Crippen molar-refractivity contribution in [3.05, 3.63) is 23.8 Å². The lowest BCUT2D eigenvalue weighted by Gasteiger charge is -2.25. The first-order valence-electron chi connectivity index (χ1n) is 6.19. The average Bonchev–Trinajstić information content (AvgIpc) is 2.27. The Morgan fingerprint density at radius 2 is 2.00 bits per heavy atom. The normalized spacial score (nSPS) is 15.7. The first-order chi connectivity index (χ1) is 8.31. The standard InChI is InChI=1S/C13H20N2O2S/c1-13(2,3)18(16,17)15-11-8-4-6-10-7-5-9-14-12(10)11/h4,6,8,14-15H,5,7,9H2,1-3H3. The van der Waals surface area contributed by atoms with Crippen molar-refractivity contribution in [2.45, 2.75) is 38.4 Å². The molecule has 0 radical (unpaired) electrons. The molecule has 0 spiro atoms. The van der Waals surface area contributed by atoms with Gasteiger partial charge in [-0.1, -0.05) is 12.1 Å². The second-order valence-corrected chi connectivity index (χ2v) is 8.02. The minimum absolute atomic E-state index is 0.655. The molecule has 0 aliphatic carbocycles. The highest BCUT2D eigenvalue weighted by Gasteiger charge is 2.30. The molecule has 0 saturated heterocycles. The zero-order valence-electron chi connectivity index (χ0n) is 11.1. The maximum Gasteiger partial charge on any atom is 0.237 e. The number of hydrogen-bond donors (Lipinski definition) is 2. The monoisotopic (exact) mass is 268 g/mol. The molecule has 0 fully saturated rings. The van der Waals surface area contributed by atoms with E-state index in [1.54, 1.807) is 26.8 Å². The van der Waals surface area contributed by atoms with Crippen LogP contribution in [0.3, 0.4) is 0 Å². The number of fused-ring (bicyclic) bond motifs is 1. The Labute approximate surface area is 109 Å². The second kappa shape index (κ2) is 4.46. The highest BCUT2D eigenvalue weighted by atomic mass is 32.2. The highest BCUT2D eigenvalue weighted by Crippen LogP contribution is 2.32. The fraction of sp³-hybridized carbons (Fsp3) is 0.538. The molecule has 100 valence electrons. The van der Waals surface area contributed by atoms with Crippen LogP contribution in [0.25, 0.3) is 0 Å². The van der Waals surface area contributed by atoms with E-state index in [1.165, 1.54) is 5.56 Å². The quantitative estimate of drug-likeness (QED) is 0.866. The molecule has 4 nitrogen and oxygen atoms in total. The largest absolute Gasteiger partial charge is 0.383 e. The van der Waals surface area contributed by atoms with E-state index in [2.05, 4.69) is 10.0 Å². The van der Waals surface area contributed by atoms with Gasteiger partial charge in [0.05, 0.1) is 16.1 Å². The lowest BCUT2D eigenvalue weighted by molar-refractivity contribution is 0.566. The van der Waals surface area contributed by atoms with E-state index in [0.29, 0.717) is 5.69 Å². The molecule has 0 bridgehead atoms. The van der Waals surface area contributed by atoms with Crippen LogP contribution in [-0.2, 0) is 16.4 Å². The summed E-state index contributed by atoms with van der Waals surface area (Å²) in [5.74, 6) is 0. The molecule has 1 aliphatic heterocycles. The zero-order valence-corrected chi connectivity index (χ0v) is 11.9. The SMILES string of the molecule is CC(C)(C)S(=O)(=O)Nc1cccc2c1NCCC2. The van der Waals surface area contributed by atoms with Crippen molar-refractivity contribution in [2.75, 3.05) is 16.6 Å². The summed E-state index contributed by atoms with van der Waals surface area (Å²) in [7, 11) is -3.37. The Balaban J connectivity index is 2.36. The van der Waals surface area contributed by atoms with Crippen LogP contribution < -0.4 is 10.0 Å². The van der Waals surface area contributed by atoms with Crippen LogP contribution in [0, 0.1) is 0 Å². The van der Waals surface area contributed by atoms with Crippen molar-refractivity contribution in [2.24, 2.45) is 0 Å². The van der Waals surface area contributed by atoms with E-state index in [1.807, 2.05) is 12.1 Å². The molecule has 2 rings (SSSR count). The van der Waals surface area contributed by atoms with Gasteiger partial charge in [0.1, 0.15) is 0 Å². The Kier molecular flexibility index (Phi) is 3.27. The minimum Gasteiger partial charge on any atom is -0.383 e. The Morgan fingerprint density at radius 1 is 1.28 bits per heavy atom. The number of para-hydroxylation sites is 1. The molecule has 1 aliphatic rings. The Bertz CT molecular complexity index is 545. The van der Waals surface area contributed by atoms with Gasteiger partial charge in [0, 0.05) is 6.54 Å². The summed E-state index contributed by atoms with van der Waals surface area (Å²) >= 11 is 0. The molecule has 0 atom stereocenters. The van der Waals surface area contributed by atoms with E-state index in [-0.39, 0.29) is 0 Å². The topological polar surface area (TPSA) is 58.2 Å². The van der Waals surface area contributed by atoms with Gasteiger partial charge in [-0.3, -0.25) is 4.72 Å². The maximum absolute atomic E-state index is 12.2. The number of benzene rings is 1. The van der Waals surface area contributed by atoms with Crippen molar-refractivity contribution in [3.8, 4) is 0 Å². The summed E-state index contributed by atoms with van der Waals surface area (Å²) in [6.45, 7) is 5.97. The highest BCUT2D eigenvalue weighted by molar-refractivity contribution is 7.94. The van der Waals surface area contributed by atoms with Crippen LogP contribution in [0.2, 0.25) is 0 Å². The van der Waals surface area contributed by atoms with Gasteiger partial charge < -0.3 is 5.32 Å². The molecule has 1 aromatic carbocycles. The number of rotatable bonds is 2. The first-order valence-corrected chi connectivity index (χ1v) is 7.68. The smallest absolute Gasteiger partial charge is 0.237 e. The zero-order chi connectivity index (χ0) is 13.4. The first kappa shape index (κ1) is 13.2. The van der Waals surface area contributed by atoms with Gasteiger partial charge in [-0.25, -0.2) is 8.42 Å². The predicted octanol–water partition coefficient (Wildman–Crippen LogP) is 2.58. The van der Waals surface area contributed by atoms with Gasteiger partial charge in [0.15, 0.2) is 0 Å². The van der Waals surface area contributed by atoms with Crippen molar-refractivity contribution < 1.29 is 8.42 Å². The molecule has 2 N–H and O–H groups in total. The third kappa shape index (κ3) is 2.46. The average molecular weight is 268 g/mol. The molecule has 5 heteroatoms. The molecular weight excluding hydrogens is 248 g/mol. The number of anilines is 2. The van der Waals surface area contributed by atoms with Crippen LogP contribution in [-0.4, -0.2) is 19.7 Å². The van der Waals surface area contributed by atoms with Crippen LogP contribution in [0.5, 0.6) is 0 Å². The lowest BCUT2D eigenvalue weighted by atomic mass is 10.0. The molecule has 0 unspecified atom stereocenters. The fourth-order valence-electron chi connectivity index (χ4n) is 1.89. The fourth-order valence-corrected chi connectivity index (χ4v) is 2.66. The van der Waals surface area contributed by atoms with E-state index in [0.717, 1.165) is 25.1 Å². The van der Waals surface area contributed by atoms with Gasteiger partial charge in [0.2, 0.25) is 10.0 Å². The van der Waals surface area contributed by atoms with Crippen molar-refractivity contribution in [3.63, 3.8) is 0 Å². The van der Waals surface area contributed by atoms with E-state index in [9.17, 15) is 8.42 Å². The molecule has 1 aromatic rings. The second-order valence-electron chi connectivity index (χ2n) is 5.59. The summed E-state index contributed by atoms with van der Waals surface area (Å²) in [5.41, 5.74) is 2.76. The summed E-state index contributed by atoms with van der Waals surface area (Å²) in [6.07, 6.45) is 2.08. The van der Waals surface area contributed by atoms with E-state index < -0.39 is 14.8 Å². The molecule has 0 saturated carbocycles. The summed E-state index contributed by atoms with van der Waals surface area (Å²) in [5, 5.41) is 3.28. The summed E-state index contributed by atoms with van der Waals surface area (Å²) in [4.78, 5) is 0. The van der Waals surface area contributed by atoms with E-state index in [4.69, 9.17) is 0 Å².